The lowest BCUT2D eigenvalue weighted by Crippen LogP contribution is -2.28. The predicted octanol–water partition coefficient (Wildman–Crippen LogP) is 1.57. The van der Waals surface area contributed by atoms with E-state index in [4.69, 9.17) is 9.84 Å². The highest BCUT2D eigenvalue weighted by molar-refractivity contribution is 4.62. The van der Waals surface area contributed by atoms with Crippen LogP contribution in [-0.4, -0.2) is 23.4 Å². The van der Waals surface area contributed by atoms with Gasteiger partial charge >= 0.3 is 0 Å². The lowest BCUT2D eigenvalue weighted by molar-refractivity contribution is -0.0593. The van der Waals surface area contributed by atoms with E-state index in [0.29, 0.717) is 0 Å². The van der Waals surface area contributed by atoms with Gasteiger partial charge in [-0.05, 0) is 27.2 Å². The predicted molar refractivity (Wildman–Crippen MR) is 42.0 cm³/mol. The molecule has 0 aliphatic heterocycles. The van der Waals surface area contributed by atoms with Crippen molar-refractivity contribution in [1.82, 2.24) is 0 Å². The van der Waals surface area contributed by atoms with Gasteiger partial charge in [-0.25, -0.2) is 0 Å². The third-order valence-electron chi connectivity index (χ3n) is 1.39. The van der Waals surface area contributed by atoms with E-state index >= 15 is 0 Å². The maximum atomic E-state index is 9.14. The summed E-state index contributed by atoms with van der Waals surface area (Å²) in [7, 11) is 0. The van der Waals surface area contributed by atoms with Gasteiger partial charge in [0.2, 0.25) is 0 Å². The van der Waals surface area contributed by atoms with Crippen LogP contribution in [-0.2, 0) is 4.74 Å². The van der Waals surface area contributed by atoms with Crippen LogP contribution in [0.2, 0.25) is 0 Å². The van der Waals surface area contributed by atoms with E-state index in [1.807, 2.05) is 20.8 Å². The molecule has 1 N–H and O–H groups in total. The number of rotatable bonds is 4. The molecule has 0 aromatic heterocycles. The molecule has 2 nitrogen and oxygen atoms in total. The average molecular weight is 146 g/mol. The molecule has 0 aromatic rings. The minimum absolute atomic E-state index is 0.000000000000000222. The van der Waals surface area contributed by atoms with Crippen LogP contribution in [0.15, 0.2) is 0 Å². The van der Waals surface area contributed by atoms with Crippen molar-refractivity contribution in [2.75, 3.05) is 0 Å². The number of ether oxygens (including phenoxy) is 1. The van der Waals surface area contributed by atoms with Crippen molar-refractivity contribution in [2.45, 2.75) is 52.4 Å². The summed E-state index contributed by atoms with van der Waals surface area (Å²) in [6.07, 6.45) is 0.725. The van der Waals surface area contributed by atoms with Crippen LogP contribution in [0.5, 0.6) is 0 Å². The molecule has 2 atom stereocenters. The Hall–Kier alpha value is -0.0800. The monoisotopic (exact) mass is 146 g/mol. The van der Waals surface area contributed by atoms with Crippen molar-refractivity contribution in [2.24, 2.45) is 0 Å². The first-order chi connectivity index (χ1) is 4.57. The summed E-state index contributed by atoms with van der Waals surface area (Å²) < 4.78 is 5.41. The molecule has 0 saturated carbocycles. The van der Waals surface area contributed by atoms with Gasteiger partial charge in [-0.15, -0.1) is 0 Å². The van der Waals surface area contributed by atoms with E-state index in [-0.39, 0.29) is 18.3 Å². The maximum absolute atomic E-state index is 9.14. The molecule has 0 saturated heterocycles. The van der Waals surface area contributed by atoms with E-state index in [1.165, 1.54) is 0 Å². The molecule has 62 valence electrons. The zero-order valence-corrected chi connectivity index (χ0v) is 7.29. The number of aliphatic hydroxyl groups is 1. The van der Waals surface area contributed by atoms with E-state index in [9.17, 15) is 0 Å². The molecule has 0 spiro atoms. The quantitative estimate of drug-likeness (QED) is 0.652. The first-order valence-electron chi connectivity index (χ1n) is 3.91. The van der Waals surface area contributed by atoms with E-state index in [1.54, 1.807) is 6.92 Å². The summed E-state index contributed by atoms with van der Waals surface area (Å²) in [4.78, 5) is 0. The SMILES string of the molecule is CCC(OC(C)C)C(C)O. The fraction of sp³-hybridized carbons (Fsp3) is 1.00. The van der Waals surface area contributed by atoms with Crippen molar-refractivity contribution in [3.63, 3.8) is 0 Å². The number of hydrogen-bond acceptors (Lipinski definition) is 2. The molecular weight excluding hydrogens is 128 g/mol. The highest BCUT2D eigenvalue weighted by Crippen LogP contribution is 2.06. The van der Waals surface area contributed by atoms with Crippen molar-refractivity contribution in [1.29, 1.82) is 0 Å². The van der Waals surface area contributed by atoms with Gasteiger partial charge < -0.3 is 9.84 Å². The number of hydrogen-bond donors (Lipinski definition) is 1. The lowest BCUT2D eigenvalue weighted by Gasteiger charge is -2.21. The van der Waals surface area contributed by atoms with Crippen LogP contribution in [0.25, 0.3) is 0 Å². The molecule has 0 radical (unpaired) electrons. The standard InChI is InChI=1S/C8H18O2/c1-5-8(7(4)9)10-6(2)3/h6-9H,5H2,1-4H3. The fourth-order valence-corrected chi connectivity index (χ4v) is 0.901. The lowest BCUT2D eigenvalue weighted by atomic mass is 10.2. The first-order valence-corrected chi connectivity index (χ1v) is 3.91. The molecule has 2 unspecified atom stereocenters. The van der Waals surface area contributed by atoms with Crippen molar-refractivity contribution < 1.29 is 9.84 Å². The second-order valence-electron chi connectivity index (χ2n) is 2.87. The normalized spacial score (nSPS) is 17.4. The second-order valence-corrected chi connectivity index (χ2v) is 2.87. The molecule has 0 bridgehead atoms. The Balaban J connectivity index is 3.60. The summed E-state index contributed by atoms with van der Waals surface area (Å²) in [5.41, 5.74) is 0. The molecule has 0 heterocycles. The molecule has 0 aliphatic carbocycles. The molecule has 0 aliphatic rings. The molecule has 0 fully saturated rings. The third-order valence-corrected chi connectivity index (χ3v) is 1.39. The van der Waals surface area contributed by atoms with Gasteiger partial charge in [0.25, 0.3) is 0 Å². The Bertz CT molecular complexity index is 79.3. The van der Waals surface area contributed by atoms with Gasteiger partial charge in [-0.3, -0.25) is 0 Å². The highest BCUT2D eigenvalue weighted by Gasteiger charge is 2.13. The largest absolute Gasteiger partial charge is 0.391 e. The summed E-state index contributed by atoms with van der Waals surface area (Å²) in [6, 6.07) is 0. The van der Waals surface area contributed by atoms with Gasteiger partial charge in [-0.2, -0.15) is 0 Å². The van der Waals surface area contributed by atoms with Gasteiger partial charge in [0.15, 0.2) is 0 Å². The maximum Gasteiger partial charge on any atom is 0.0832 e. The van der Waals surface area contributed by atoms with Crippen molar-refractivity contribution in [3.05, 3.63) is 0 Å². The van der Waals surface area contributed by atoms with Crippen LogP contribution in [0, 0.1) is 0 Å². The molecule has 0 amide bonds. The van der Waals surface area contributed by atoms with E-state index in [2.05, 4.69) is 0 Å². The Kier molecular flexibility index (Phi) is 4.65. The van der Waals surface area contributed by atoms with Gasteiger partial charge in [0.1, 0.15) is 0 Å². The minimum Gasteiger partial charge on any atom is -0.391 e. The van der Waals surface area contributed by atoms with Crippen LogP contribution < -0.4 is 0 Å². The van der Waals surface area contributed by atoms with Crippen molar-refractivity contribution >= 4 is 0 Å². The second kappa shape index (κ2) is 4.69. The van der Waals surface area contributed by atoms with Gasteiger partial charge in [0, 0.05) is 0 Å². The average Bonchev–Trinajstić information content (AvgIpc) is 1.81. The topological polar surface area (TPSA) is 29.5 Å². The summed E-state index contributed by atoms with van der Waals surface area (Å²) in [5, 5.41) is 9.14. The summed E-state index contributed by atoms with van der Waals surface area (Å²) >= 11 is 0. The zero-order chi connectivity index (χ0) is 8.15. The third kappa shape index (κ3) is 3.85. The Morgan fingerprint density at radius 2 is 1.80 bits per heavy atom. The van der Waals surface area contributed by atoms with Crippen LogP contribution >= 0.6 is 0 Å². The zero-order valence-electron chi connectivity index (χ0n) is 7.29. The molecule has 10 heavy (non-hydrogen) atoms. The molecular formula is C8H18O2. The Morgan fingerprint density at radius 1 is 1.30 bits per heavy atom. The molecule has 0 rings (SSSR count). The minimum atomic E-state index is -0.354. The van der Waals surface area contributed by atoms with Crippen molar-refractivity contribution in [3.8, 4) is 0 Å². The Labute approximate surface area is 63.2 Å². The highest BCUT2D eigenvalue weighted by atomic mass is 16.5. The fourth-order valence-electron chi connectivity index (χ4n) is 0.901. The first kappa shape index (κ1) is 9.92. The van der Waals surface area contributed by atoms with E-state index in [0.717, 1.165) is 6.42 Å². The smallest absolute Gasteiger partial charge is 0.0832 e. The summed E-state index contributed by atoms with van der Waals surface area (Å²) in [5.74, 6) is 0. The van der Waals surface area contributed by atoms with Crippen LogP contribution in [0.3, 0.4) is 0 Å². The van der Waals surface area contributed by atoms with E-state index < -0.39 is 0 Å². The number of aliphatic hydroxyl groups excluding tert-OH is 1. The van der Waals surface area contributed by atoms with Crippen LogP contribution in [0.4, 0.5) is 0 Å². The molecule has 2 heteroatoms. The van der Waals surface area contributed by atoms with Gasteiger partial charge in [-0.1, -0.05) is 6.92 Å². The summed E-state index contributed by atoms with van der Waals surface area (Å²) in [6.45, 7) is 7.73. The van der Waals surface area contributed by atoms with Gasteiger partial charge in [0.05, 0.1) is 18.3 Å². The Morgan fingerprint density at radius 3 is 1.90 bits per heavy atom. The van der Waals surface area contributed by atoms with Crippen LogP contribution in [0.1, 0.15) is 34.1 Å². The molecule has 0 aromatic carbocycles.